The van der Waals surface area contributed by atoms with Crippen LogP contribution in [0.4, 0.5) is 5.69 Å². The first-order valence-electron chi connectivity index (χ1n) is 9.04. The molecule has 0 bridgehead atoms. The monoisotopic (exact) mass is 394 g/mol. The van der Waals surface area contributed by atoms with E-state index >= 15 is 0 Å². The van der Waals surface area contributed by atoms with Gasteiger partial charge in [-0.3, -0.25) is 9.59 Å². The van der Waals surface area contributed by atoms with Crippen LogP contribution in [-0.4, -0.2) is 74.8 Å². The molecule has 3 heterocycles. The molecule has 0 aliphatic carbocycles. The smallest absolute Gasteiger partial charge is 0.262 e. The van der Waals surface area contributed by atoms with Crippen molar-refractivity contribution in [1.82, 2.24) is 14.5 Å². The molecule has 9 nitrogen and oxygen atoms in total. The Balaban J connectivity index is 1.45. The molecule has 0 saturated carbocycles. The Kier molecular flexibility index (Phi) is 4.79. The lowest BCUT2D eigenvalue weighted by atomic mass is 10.2. The second-order valence-electron chi connectivity index (χ2n) is 6.87. The van der Waals surface area contributed by atoms with Crippen LogP contribution in [0.1, 0.15) is 12.8 Å². The van der Waals surface area contributed by atoms with E-state index in [9.17, 15) is 18.0 Å². The highest BCUT2D eigenvalue weighted by atomic mass is 32.2. The zero-order valence-corrected chi connectivity index (χ0v) is 15.6. The number of fused-ring (bicyclic) bond motifs is 1. The Hall–Kier alpha value is -2.17. The van der Waals surface area contributed by atoms with Gasteiger partial charge in [0, 0.05) is 26.2 Å². The molecule has 146 valence electrons. The highest BCUT2D eigenvalue weighted by Gasteiger charge is 2.33. The first kappa shape index (κ1) is 18.2. The summed E-state index contributed by atoms with van der Waals surface area (Å²) < 4.78 is 32.5. The van der Waals surface area contributed by atoms with Crippen LogP contribution in [0.5, 0.6) is 5.75 Å². The van der Waals surface area contributed by atoms with Gasteiger partial charge in [0.2, 0.25) is 15.9 Å². The van der Waals surface area contributed by atoms with E-state index in [1.165, 1.54) is 16.4 Å². The summed E-state index contributed by atoms with van der Waals surface area (Å²) in [5.41, 5.74) is 0.355. The quantitative estimate of drug-likeness (QED) is 0.723. The number of hydrogen-bond acceptors (Lipinski definition) is 6. The summed E-state index contributed by atoms with van der Waals surface area (Å²) in [5.74, 6) is 0.191. The molecule has 2 fully saturated rings. The van der Waals surface area contributed by atoms with Gasteiger partial charge in [-0.25, -0.2) is 8.42 Å². The molecule has 3 aliphatic heterocycles. The summed E-state index contributed by atoms with van der Waals surface area (Å²) in [6, 6.07) is 4.30. The van der Waals surface area contributed by atoms with Gasteiger partial charge >= 0.3 is 0 Å². The van der Waals surface area contributed by atoms with Gasteiger partial charge in [0.25, 0.3) is 5.91 Å². The maximum atomic E-state index is 12.9. The molecule has 1 atom stereocenters. The summed E-state index contributed by atoms with van der Waals surface area (Å²) in [6.45, 7) is 2.03. The van der Waals surface area contributed by atoms with Crippen molar-refractivity contribution in [3.05, 3.63) is 18.2 Å². The van der Waals surface area contributed by atoms with Crippen molar-refractivity contribution >= 4 is 27.5 Å². The third-order valence-corrected chi connectivity index (χ3v) is 7.03. The predicted octanol–water partition coefficient (Wildman–Crippen LogP) is -0.398. The molecule has 2 N–H and O–H groups in total. The molecule has 27 heavy (non-hydrogen) atoms. The Morgan fingerprint density at radius 2 is 1.96 bits per heavy atom. The third kappa shape index (κ3) is 3.52. The summed E-state index contributed by atoms with van der Waals surface area (Å²) in [7, 11) is -3.71. The van der Waals surface area contributed by atoms with Crippen molar-refractivity contribution in [2.75, 3.05) is 44.6 Å². The van der Waals surface area contributed by atoms with Crippen molar-refractivity contribution in [3.63, 3.8) is 0 Å². The average molecular weight is 394 g/mol. The van der Waals surface area contributed by atoms with E-state index in [4.69, 9.17) is 4.74 Å². The van der Waals surface area contributed by atoms with Gasteiger partial charge in [0.15, 0.2) is 6.61 Å². The predicted molar refractivity (Wildman–Crippen MR) is 96.9 cm³/mol. The maximum Gasteiger partial charge on any atom is 0.262 e. The number of amides is 2. The van der Waals surface area contributed by atoms with E-state index in [1.807, 2.05) is 0 Å². The van der Waals surface area contributed by atoms with Gasteiger partial charge in [-0.05, 0) is 37.6 Å². The van der Waals surface area contributed by atoms with Crippen LogP contribution in [0.25, 0.3) is 0 Å². The van der Waals surface area contributed by atoms with Gasteiger partial charge in [0.1, 0.15) is 5.75 Å². The topological polar surface area (TPSA) is 108 Å². The summed E-state index contributed by atoms with van der Waals surface area (Å²) in [6.07, 6.45) is 1.82. The summed E-state index contributed by atoms with van der Waals surface area (Å²) in [4.78, 5) is 25.8. The maximum absolute atomic E-state index is 12.9. The second kappa shape index (κ2) is 7.10. The molecule has 0 radical (unpaired) electrons. The molecular weight excluding hydrogens is 372 g/mol. The molecule has 1 unspecified atom stereocenters. The minimum atomic E-state index is -3.71. The fourth-order valence-corrected chi connectivity index (χ4v) is 5.09. The molecule has 0 aromatic heterocycles. The lowest BCUT2D eigenvalue weighted by molar-refractivity contribution is -0.134. The van der Waals surface area contributed by atoms with E-state index in [2.05, 4.69) is 10.6 Å². The third-order valence-electron chi connectivity index (χ3n) is 5.13. The van der Waals surface area contributed by atoms with Crippen LogP contribution in [0.15, 0.2) is 23.1 Å². The largest absolute Gasteiger partial charge is 0.482 e. The molecular formula is C17H22N4O5S. The lowest BCUT2D eigenvalue weighted by Gasteiger charge is -2.35. The highest BCUT2D eigenvalue weighted by Crippen LogP contribution is 2.31. The second-order valence-corrected chi connectivity index (χ2v) is 8.81. The first-order valence-corrected chi connectivity index (χ1v) is 10.5. The van der Waals surface area contributed by atoms with Crippen LogP contribution in [0, 0.1) is 0 Å². The van der Waals surface area contributed by atoms with Gasteiger partial charge in [-0.1, -0.05) is 0 Å². The lowest BCUT2D eigenvalue weighted by Crippen LogP contribution is -2.54. The number of piperazine rings is 1. The molecule has 1 aromatic carbocycles. The van der Waals surface area contributed by atoms with Crippen LogP contribution >= 0.6 is 0 Å². The van der Waals surface area contributed by atoms with Crippen molar-refractivity contribution < 1.29 is 22.7 Å². The number of ether oxygens (including phenoxy) is 1. The van der Waals surface area contributed by atoms with Gasteiger partial charge < -0.3 is 20.3 Å². The molecule has 4 rings (SSSR count). The molecule has 10 heteroatoms. The van der Waals surface area contributed by atoms with Crippen LogP contribution in [0.3, 0.4) is 0 Å². The van der Waals surface area contributed by atoms with Crippen LogP contribution in [0.2, 0.25) is 0 Å². The van der Waals surface area contributed by atoms with Crippen LogP contribution in [-0.2, 0) is 19.6 Å². The number of carbonyl (C=O) groups excluding carboxylic acids is 2. The van der Waals surface area contributed by atoms with E-state index < -0.39 is 10.0 Å². The molecule has 2 saturated heterocycles. The van der Waals surface area contributed by atoms with Gasteiger partial charge in [0.05, 0.1) is 16.6 Å². The molecule has 1 aromatic rings. The van der Waals surface area contributed by atoms with Crippen molar-refractivity contribution in [1.29, 1.82) is 0 Å². The van der Waals surface area contributed by atoms with Crippen molar-refractivity contribution in [2.24, 2.45) is 0 Å². The Morgan fingerprint density at radius 1 is 1.19 bits per heavy atom. The zero-order valence-electron chi connectivity index (χ0n) is 14.8. The number of sulfonamides is 1. The van der Waals surface area contributed by atoms with E-state index in [1.54, 1.807) is 11.0 Å². The first-order chi connectivity index (χ1) is 12.9. The molecule has 2 amide bonds. The van der Waals surface area contributed by atoms with E-state index in [0.29, 0.717) is 24.5 Å². The number of hydrogen-bond donors (Lipinski definition) is 2. The number of nitrogens with zero attached hydrogens (tertiary/aromatic N) is 2. The van der Waals surface area contributed by atoms with E-state index in [0.717, 1.165) is 19.4 Å². The number of nitrogens with one attached hydrogen (secondary N) is 2. The van der Waals surface area contributed by atoms with E-state index in [-0.39, 0.29) is 42.4 Å². The van der Waals surface area contributed by atoms with Crippen LogP contribution < -0.4 is 15.4 Å². The van der Waals surface area contributed by atoms with Crippen molar-refractivity contribution in [2.45, 2.75) is 23.8 Å². The summed E-state index contributed by atoms with van der Waals surface area (Å²) >= 11 is 0. The zero-order chi connectivity index (χ0) is 19.0. The molecule has 3 aliphatic rings. The Morgan fingerprint density at radius 3 is 2.67 bits per heavy atom. The van der Waals surface area contributed by atoms with Gasteiger partial charge in [-0.2, -0.15) is 4.31 Å². The number of anilines is 1. The Bertz CT molecular complexity index is 858. The fraction of sp³-hybridized carbons (Fsp3) is 0.529. The minimum absolute atomic E-state index is 0.0539. The fourth-order valence-electron chi connectivity index (χ4n) is 3.64. The summed E-state index contributed by atoms with van der Waals surface area (Å²) in [5, 5.41) is 5.81. The highest BCUT2D eigenvalue weighted by molar-refractivity contribution is 7.89. The van der Waals surface area contributed by atoms with Crippen molar-refractivity contribution in [3.8, 4) is 5.75 Å². The molecule has 0 spiro atoms. The number of rotatable bonds is 3. The normalized spacial score (nSPS) is 23.5. The average Bonchev–Trinajstić information content (AvgIpc) is 3.21. The number of benzene rings is 1. The standard InChI is InChI=1S/C17H22N4O5S/c22-16-11-26-15-4-3-12(10-14(15)19-16)27(24,25)21-8-6-20(7-9-21)17(23)13-2-1-5-18-13/h3-4,10,13,18H,1-2,5-9,11H2,(H,19,22). The SMILES string of the molecule is O=C1COc2ccc(S(=O)(=O)N3CCN(C(=O)C4CCCN4)CC3)cc2N1. The van der Waals surface area contributed by atoms with Gasteiger partial charge in [-0.15, -0.1) is 0 Å². The number of carbonyl (C=O) groups is 2. The minimum Gasteiger partial charge on any atom is -0.482 e. The Labute approximate surface area is 157 Å².